The monoisotopic (exact) mass is 239 g/mol. The van der Waals surface area contributed by atoms with Gasteiger partial charge in [0, 0.05) is 19.1 Å². The maximum Gasteiger partial charge on any atom is 0.00912 e. The predicted octanol–water partition coefficient (Wildman–Crippen LogP) is 1.40. The number of nitrogens with one attached hydrogen (secondary N) is 1. The van der Waals surface area contributed by atoms with Gasteiger partial charge in [0.1, 0.15) is 0 Å². The van der Waals surface area contributed by atoms with Crippen LogP contribution < -0.4 is 5.32 Å². The fraction of sp³-hybridized carbons (Fsp3) is 1.00. The molecule has 0 spiro atoms. The lowest BCUT2D eigenvalue weighted by Crippen LogP contribution is -2.46. The molecule has 2 aliphatic rings. The molecule has 0 radical (unpaired) electrons. The van der Waals surface area contributed by atoms with Crippen molar-refractivity contribution in [3.63, 3.8) is 0 Å². The van der Waals surface area contributed by atoms with E-state index in [1.54, 1.807) is 0 Å². The molecule has 0 aromatic heterocycles. The van der Waals surface area contributed by atoms with Crippen LogP contribution in [0, 0.1) is 5.92 Å². The van der Waals surface area contributed by atoms with Crippen molar-refractivity contribution in [3.05, 3.63) is 0 Å². The van der Waals surface area contributed by atoms with E-state index >= 15 is 0 Å². The SMILES string of the molecule is CCNC1CCN(CC2CCCN(C)C2)CC1. The van der Waals surface area contributed by atoms with Gasteiger partial charge in [0.2, 0.25) is 0 Å². The van der Waals surface area contributed by atoms with Crippen molar-refractivity contribution in [1.82, 2.24) is 15.1 Å². The summed E-state index contributed by atoms with van der Waals surface area (Å²) in [4.78, 5) is 5.19. The van der Waals surface area contributed by atoms with Gasteiger partial charge in [0.25, 0.3) is 0 Å². The predicted molar refractivity (Wildman–Crippen MR) is 73.4 cm³/mol. The Kier molecular flexibility index (Phi) is 5.26. The molecule has 1 N–H and O–H groups in total. The van der Waals surface area contributed by atoms with Gasteiger partial charge >= 0.3 is 0 Å². The van der Waals surface area contributed by atoms with Crippen molar-refractivity contribution in [3.8, 4) is 0 Å². The lowest BCUT2D eigenvalue weighted by molar-refractivity contribution is 0.128. The molecule has 3 heteroatoms. The normalized spacial score (nSPS) is 29.6. The van der Waals surface area contributed by atoms with E-state index in [2.05, 4.69) is 29.1 Å². The molecule has 0 aromatic rings. The Morgan fingerprint density at radius 3 is 2.53 bits per heavy atom. The molecule has 3 nitrogen and oxygen atoms in total. The van der Waals surface area contributed by atoms with Crippen LogP contribution in [-0.4, -0.2) is 62.2 Å². The Hall–Kier alpha value is -0.120. The summed E-state index contributed by atoms with van der Waals surface area (Å²) in [6, 6.07) is 0.783. The molecule has 0 aliphatic carbocycles. The number of piperidine rings is 2. The Bertz CT molecular complexity index is 212. The number of nitrogens with zero attached hydrogens (tertiary/aromatic N) is 2. The second-order valence-corrected chi connectivity index (χ2v) is 5.90. The van der Waals surface area contributed by atoms with Gasteiger partial charge < -0.3 is 15.1 Å². The fourth-order valence-electron chi connectivity index (χ4n) is 3.40. The van der Waals surface area contributed by atoms with Crippen molar-refractivity contribution in [2.75, 3.05) is 46.3 Å². The zero-order valence-corrected chi connectivity index (χ0v) is 11.6. The molecule has 1 unspecified atom stereocenters. The zero-order chi connectivity index (χ0) is 12.1. The molecule has 0 saturated carbocycles. The Labute approximate surface area is 107 Å². The van der Waals surface area contributed by atoms with Crippen molar-refractivity contribution in [2.24, 2.45) is 5.92 Å². The molecule has 1 atom stereocenters. The molecule has 17 heavy (non-hydrogen) atoms. The van der Waals surface area contributed by atoms with Crippen LogP contribution in [0.3, 0.4) is 0 Å². The third kappa shape index (κ3) is 4.23. The molecule has 2 saturated heterocycles. The van der Waals surface area contributed by atoms with E-state index in [1.807, 2.05) is 0 Å². The summed E-state index contributed by atoms with van der Waals surface area (Å²) in [6.45, 7) is 9.90. The number of likely N-dealkylation sites (tertiary alicyclic amines) is 2. The summed E-state index contributed by atoms with van der Waals surface area (Å²) in [6.07, 6.45) is 5.53. The van der Waals surface area contributed by atoms with Crippen LogP contribution in [0.25, 0.3) is 0 Å². The van der Waals surface area contributed by atoms with Gasteiger partial charge in [-0.25, -0.2) is 0 Å². The molecular weight excluding hydrogens is 210 g/mol. The van der Waals surface area contributed by atoms with Crippen LogP contribution in [0.4, 0.5) is 0 Å². The molecule has 2 fully saturated rings. The third-order valence-electron chi connectivity index (χ3n) is 4.32. The van der Waals surface area contributed by atoms with Crippen LogP contribution in [0.1, 0.15) is 32.6 Å². The summed E-state index contributed by atoms with van der Waals surface area (Å²) in [5.41, 5.74) is 0. The van der Waals surface area contributed by atoms with Gasteiger partial charge in [-0.3, -0.25) is 0 Å². The second kappa shape index (κ2) is 6.72. The summed E-state index contributed by atoms with van der Waals surface area (Å²) < 4.78 is 0. The highest BCUT2D eigenvalue weighted by molar-refractivity contribution is 4.80. The van der Waals surface area contributed by atoms with E-state index in [0.717, 1.165) is 18.5 Å². The van der Waals surface area contributed by atoms with Crippen molar-refractivity contribution in [2.45, 2.75) is 38.6 Å². The van der Waals surface area contributed by atoms with Crippen molar-refractivity contribution >= 4 is 0 Å². The summed E-state index contributed by atoms with van der Waals surface area (Å²) in [5, 5.41) is 3.58. The first-order valence-electron chi connectivity index (χ1n) is 7.42. The topological polar surface area (TPSA) is 18.5 Å². The number of hydrogen-bond donors (Lipinski definition) is 1. The van der Waals surface area contributed by atoms with Gasteiger partial charge in [-0.05, 0) is 64.8 Å². The molecule has 2 heterocycles. The van der Waals surface area contributed by atoms with Crippen LogP contribution in [0.15, 0.2) is 0 Å². The minimum Gasteiger partial charge on any atom is -0.314 e. The van der Waals surface area contributed by atoms with Crippen LogP contribution in [0.2, 0.25) is 0 Å². The van der Waals surface area contributed by atoms with Crippen LogP contribution in [-0.2, 0) is 0 Å². The quantitative estimate of drug-likeness (QED) is 0.800. The van der Waals surface area contributed by atoms with E-state index in [0.29, 0.717) is 0 Å². The molecule has 0 amide bonds. The highest BCUT2D eigenvalue weighted by atomic mass is 15.2. The van der Waals surface area contributed by atoms with E-state index in [4.69, 9.17) is 0 Å². The lowest BCUT2D eigenvalue weighted by atomic mass is 9.96. The first-order valence-corrected chi connectivity index (χ1v) is 7.42. The average molecular weight is 239 g/mol. The maximum atomic E-state index is 3.58. The number of hydrogen-bond acceptors (Lipinski definition) is 3. The van der Waals surface area contributed by atoms with Gasteiger partial charge in [-0.15, -0.1) is 0 Å². The third-order valence-corrected chi connectivity index (χ3v) is 4.32. The van der Waals surface area contributed by atoms with Crippen LogP contribution >= 0.6 is 0 Å². The first-order chi connectivity index (χ1) is 8.28. The smallest absolute Gasteiger partial charge is 0.00912 e. The molecule has 2 aliphatic heterocycles. The van der Waals surface area contributed by atoms with Gasteiger partial charge in [0.05, 0.1) is 0 Å². The van der Waals surface area contributed by atoms with E-state index in [9.17, 15) is 0 Å². The van der Waals surface area contributed by atoms with Gasteiger partial charge in [-0.1, -0.05) is 6.92 Å². The highest BCUT2D eigenvalue weighted by Crippen LogP contribution is 2.19. The Morgan fingerprint density at radius 2 is 1.88 bits per heavy atom. The Balaban J connectivity index is 1.67. The van der Waals surface area contributed by atoms with Crippen LogP contribution in [0.5, 0.6) is 0 Å². The minimum absolute atomic E-state index is 0.783. The molecule has 0 bridgehead atoms. The molecular formula is C14H29N3. The second-order valence-electron chi connectivity index (χ2n) is 5.90. The summed E-state index contributed by atoms with van der Waals surface area (Å²) in [5.74, 6) is 0.921. The van der Waals surface area contributed by atoms with Crippen molar-refractivity contribution in [1.29, 1.82) is 0 Å². The standard InChI is InChI=1S/C14H29N3/c1-3-15-14-6-9-17(10-7-14)12-13-5-4-8-16(2)11-13/h13-15H,3-12H2,1-2H3. The summed E-state index contributed by atoms with van der Waals surface area (Å²) in [7, 11) is 2.27. The van der Waals surface area contributed by atoms with E-state index in [-0.39, 0.29) is 0 Å². The molecule has 0 aromatic carbocycles. The van der Waals surface area contributed by atoms with Gasteiger partial charge in [-0.2, -0.15) is 0 Å². The Morgan fingerprint density at radius 1 is 1.12 bits per heavy atom. The van der Waals surface area contributed by atoms with Crippen molar-refractivity contribution < 1.29 is 0 Å². The average Bonchev–Trinajstić information content (AvgIpc) is 2.32. The maximum absolute atomic E-state index is 3.58. The summed E-state index contributed by atoms with van der Waals surface area (Å²) >= 11 is 0. The number of rotatable bonds is 4. The largest absolute Gasteiger partial charge is 0.314 e. The lowest BCUT2D eigenvalue weighted by Gasteiger charge is -2.37. The fourth-order valence-corrected chi connectivity index (χ4v) is 3.40. The van der Waals surface area contributed by atoms with E-state index < -0.39 is 0 Å². The minimum atomic E-state index is 0.783. The zero-order valence-electron chi connectivity index (χ0n) is 11.6. The van der Waals surface area contributed by atoms with E-state index in [1.165, 1.54) is 58.4 Å². The molecule has 100 valence electrons. The first kappa shape index (κ1) is 13.3. The highest BCUT2D eigenvalue weighted by Gasteiger charge is 2.23. The molecule has 2 rings (SSSR count). The van der Waals surface area contributed by atoms with Gasteiger partial charge in [0.15, 0.2) is 0 Å².